The molecule has 0 aliphatic carbocycles. The maximum Gasteiger partial charge on any atom is 0.243 e. The van der Waals surface area contributed by atoms with E-state index in [1.807, 2.05) is 39.8 Å². The molecule has 2 aromatic carbocycles. The van der Waals surface area contributed by atoms with Crippen molar-refractivity contribution in [2.75, 3.05) is 13.1 Å². The summed E-state index contributed by atoms with van der Waals surface area (Å²) in [6.07, 6.45) is 1.87. The van der Waals surface area contributed by atoms with Crippen LogP contribution in [0.3, 0.4) is 0 Å². The summed E-state index contributed by atoms with van der Waals surface area (Å²) in [6, 6.07) is 10.7. The minimum absolute atomic E-state index is 0.115. The van der Waals surface area contributed by atoms with E-state index in [1.165, 1.54) is 4.31 Å². The van der Waals surface area contributed by atoms with Crippen molar-refractivity contribution in [3.05, 3.63) is 64.9 Å². The number of nitrogens with zero attached hydrogens (tertiary/aromatic N) is 1. The Bertz CT molecular complexity index is 1140. The number of sulfonamides is 1. The predicted octanol–water partition coefficient (Wildman–Crippen LogP) is 3.94. The molecule has 0 unspecified atom stereocenters. The van der Waals surface area contributed by atoms with Gasteiger partial charge in [0.15, 0.2) is 0 Å². The molecule has 1 aromatic heterocycles. The van der Waals surface area contributed by atoms with E-state index >= 15 is 0 Å². The van der Waals surface area contributed by atoms with Gasteiger partial charge in [0.2, 0.25) is 15.9 Å². The standard InChI is InChI=1S/C23H28N2O4S/c1-5-25(6-2)30(27,28)20-10-8-18(9-11-20)14-24-22(26)13-19-15-29-23-17(4)16(3)7-12-21(19)23/h7-12,15H,5-6,13-14H2,1-4H3,(H,24,26). The average molecular weight is 429 g/mol. The molecule has 0 aliphatic heterocycles. The molecule has 30 heavy (non-hydrogen) atoms. The summed E-state index contributed by atoms with van der Waals surface area (Å²) in [4.78, 5) is 12.7. The van der Waals surface area contributed by atoms with Gasteiger partial charge in [-0.1, -0.05) is 38.1 Å². The monoisotopic (exact) mass is 428 g/mol. The first-order chi connectivity index (χ1) is 14.3. The van der Waals surface area contributed by atoms with Crippen molar-refractivity contribution < 1.29 is 17.6 Å². The van der Waals surface area contributed by atoms with Crippen LogP contribution in [-0.4, -0.2) is 31.7 Å². The zero-order chi connectivity index (χ0) is 21.9. The van der Waals surface area contributed by atoms with Crippen LogP contribution in [-0.2, 0) is 27.8 Å². The summed E-state index contributed by atoms with van der Waals surface area (Å²) in [7, 11) is -3.48. The number of carbonyl (C=O) groups excluding carboxylic acids is 1. The van der Waals surface area contributed by atoms with Gasteiger partial charge in [-0.15, -0.1) is 0 Å². The molecule has 0 radical (unpaired) electrons. The molecular formula is C23H28N2O4S. The molecule has 1 heterocycles. The summed E-state index contributed by atoms with van der Waals surface area (Å²) in [6.45, 7) is 8.86. The van der Waals surface area contributed by atoms with E-state index in [0.717, 1.165) is 33.2 Å². The lowest BCUT2D eigenvalue weighted by Gasteiger charge is -2.18. The number of carbonyl (C=O) groups is 1. The number of hydrogen-bond acceptors (Lipinski definition) is 4. The fraction of sp³-hybridized carbons (Fsp3) is 0.348. The molecule has 160 valence electrons. The Labute approximate surface area is 177 Å². The zero-order valence-electron chi connectivity index (χ0n) is 17.9. The molecule has 1 N–H and O–H groups in total. The van der Waals surface area contributed by atoms with Crippen LogP contribution in [0.5, 0.6) is 0 Å². The summed E-state index contributed by atoms with van der Waals surface area (Å²) >= 11 is 0. The van der Waals surface area contributed by atoms with Crippen molar-refractivity contribution in [2.45, 2.75) is 45.6 Å². The van der Waals surface area contributed by atoms with E-state index in [9.17, 15) is 13.2 Å². The van der Waals surface area contributed by atoms with E-state index < -0.39 is 10.0 Å². The van der Waals surface area contributed by atoms with Gasteiger partial charge in [0, 0.05) is 30.6 Å². The number of benzene rings is 2. The highest BCUT2D eigenvalue weighted by Crippen LogP contribution is 2.26. The van der Waals surface area contributed by atoms with Crippen LogP contribution >= 0.6 is 0 Å². The van der Waals surface area contributed by atoms with Gasteiger partial charge in [-0.3, -0.25) is 4.79 Å². The van der Waals surface area contributed by atoms with Crippen LogP contribution in [0, 0.1) is 13.8 Å². The van der Waals surface area contributed by atoms with E-state index in [4.69, 9.17) is 4.42 Å². The van der Waals surface area contributed by atoms with Gasteiger partial charge in [-0.05, 0) is 42.7 Å². The molecular weight excluding hydrogens is 400 g/mol. The Morgan fingerprint density at radius 2 is 1.70 bits per heavy atom. The molecule has 0 bridgehead atoms. The topological polar surface area (TPSA) is 79.6 Å². The summed E-state index contributed by atoms with van der Waals surface area (Å²) in [5.74, 6) is -0.115. The second kappa shape index (κ2) is 9.02. The van der Waals surface area contributed by atoms with Crippen LogP contribution in [0.15, 0.2) is 52.0 Å². The second-order valence-corrected chi connectivity index (χ2v) is 9.27. The number of furan rings is 1. The fourth-order valence-electron chi connectivity index (χ4n) is 3.45. The van der Waals surface area contributed by atoms with Gasteiger partial charge in [0.25, 0.3) is 0 Å². The molecule has 0 fully saturated rings. The first-order valence-electron chi connectivity index (χ1n) is 10.1. The molecule has 6 nitrogen and oxygen atoms in total. The quantitative estimate of drug-likeness (QED) is 0.589. The van der Waals surface area contributed by atoms with E-state index in [1.54, 1.807) is 30.5 Å². The van der Waals surface area contributed by atoms with Crippen molar-refractivity contribution in [1.82, 2.24) is 9.62 Å². The van der Waals surface area contributed by atoms with Gasteiger partial charge in [-0.2, -0.15) is 4.31 Å². The number of aryl methyl sites for hydroxylation is 2. The molecule has 1 amide bonds. The number of hydrogen-bond donors (Lipinski definition) is 1. The third-order valence-electron chi connectivity index (χ3n) is 5.45. The molecule has 0 atom stereocenters. The van der Waals surface area contributed by atoms with Gasteiger partial charge < -0.3 is 9.73 Å². The van der Waals surface area contributed by atoms with Gasteiger partial charge >= 0.3 is 0 Å². The van der Waals surface area contributed by atoms with E-state index in [0.29, 0.717) is 19.6 Å². The maximum atomic E-state index is 12.5. The molecule has 0 spiro atoms. The molecule has 7 heteroatoms. The van der Waals surface area contributed by atoms with Crippen molar-refractivity contribution in [3.63, 3.8) is 0 Å². The molecule has 0 saturated carbocycles. The van der Waals surface area contributed by atoms with E-state index in [2.05, 4.69) is 5.32 Å². The Kier molecular flexibility index (Phi) is 6.63. The average Bonchev–Trinajstić information content (AvgIpc) is 3.13. The minimum Gasteiger partial charge on any atom is -0.464 e. The molecule has 3 aromatic rings. The van der Waals surface area contributed by atoms with E-state index in [-0.39, 0.29) is 17.2 Å². The smallest absolute Gasteiger partial charge is 0.243 e. The predicted molar refractivity (Wildman–Crippen MR) is 118 cm³/mol. The molecule has 0 aliphatic rings. The highest BCUT2D eigenvalue weighted by molar-refractivity contribution is 7.89. The maximum absolute atomic E-state index is 12.5. The lowest BCUT2D eigenvalue weighted by atomic mass is 10.0. The lowest BCUT2D eigenvalue weighted by molar-refractivity contribution is -0.120. The van der Waals surface area contributed by atoms with Gasteiger partial charge in [0.05, 0.1) is 17.6 Å². The molecule has 0 saturated heterocycles. The number of nitrogens with one attached hydrogen (secondary N) is 1. The Morgan fingerprint density at radius 3 is 2.33 bits per heavy atom. The number of fused-ring (bicyclic) bond motifs is 1. The normalized spacial score (nSPS) is 11.9. The Morgan fingerprint density at radius 1 is 1.03 bits per heavy atom. The van der Waals surface area contributed by atoms with Crippen LogP contribution in [0.4, 0.5) is 0 Å². The van der Waals surface area contributed by atoms with Gasteiger partial charge in [-0.25, -0.2) is 8.42 Å². The van der Waals surface area contributed by atoms with Crippen molar-refractivity contribution in [3.8, 4) is 0 Å². The first kappa shape index (κ1) is 22.1. The lowest BCUT2D eigenvalue weighted by Crippen LogP contribution is -2.30. The van der Waals surface area contributed by atoms with Crippen LogP contribution in [0.2, 0.25) is 0 Å². The number of rotatable bonds is 8. The van der Waals surface area contributed by atoms with Crippen LogP contribution in [0.25, 0.3) is 11.0 Å². The van der Waals surface area contributed by atoms with Crippen molar-refractivity contribution in [1.29, 1.82) is 0 Å². The fourth-order valence-corrected chi connectivity index (χ4v) is 4.91. The van der Waals surface area contributed by atoms with Gasteiger partial charge in [0.1, 0.15) is 5.58 Å². The third-order valence-corrected chi connectivity index (χ3v) is 7.51. The minimum atomic E-state index is -3.48. The Hall–Kier alpha value is -2.64. The van der Waals surface area contributed by atoms with Crippen molar-refractivity contribution >= 4 is 26.9 Å². The largest absolute Gasteiger partial charge is 0.464 e. The van der Waals surface area contributed by atoms with Crippen molar-refractivity contribution in [2.24, 2.45) is 0 Å². The second-order valence-electron chi connectivity index (χ2n) is 7.33. The molecule has 3 rings (SSSR count). The van der Waals surface area contributed by atoms with Crippen LogP contribution in [0.1, 0.15) is 36.1 Å². The third kappa shape index (κ3) is 4.42. The SMILES string of the molecule is CCN(CC)S(=O)(=O)c1ccc(CNC(=O)Cc2coc3c(C)c(C)ccc23)cc1. The highest BCUT2D eigenvalue weighted by atomic mass is 32.2. The summed E-state index contributed by atoms with van der Waals surface area (Å²) in [5, 5.41) is 3.85. The first-order valence-corrected chi connectivity index (χ1v) is 11.5. The highest BCUT2D eigenvalue weighted by Gasteiger charge is 2.21. The Balaban J connectivity index is 1.64. The summed E-state index contributed by atoms with van der Waals surface area (Å²) < 4.78 is 32.2. The zero-order valence-corrected chi connectivity index (χ0v) is 18.7. The summed E-state index contributed by atoms with van der Waals surface area (Å²) in [5.41, 5.74) is 4.75. The number of amides is 1. The van der Waals surface area contributed by atoms with Crippen LogP contribution < -0.4 is 5.32 Å².